The Kier molecular flexibility index (Phi) is 3.83. The lowest BCUT2D eigenvalue weighted by Crippen LogP contribution is -2.31. The molecule has 3 nitrogen and oxygen atoms in total. The summed E-state index contributed by atoms with van der Waals surface area (Å²) in [5.41, 5.74) is 3.48. The predicted octanol–water partition coefficient (Wildman–Crippen LogP) is 3.42. The number of aromatic amines is 1. The lowest BCUT2D eigenvalue weighted by atomic mass is 9.95. The first-order chi connectivity index (χ1) is 8.03. The lowest BCUT2D eigenvalue weighted by Gasteiger charge is -2.30. The smallest absolute Gasteiger partial charge is 0.0807 e. The van der Waals surface area contributed by atoms with Crippen LogP contribution in [0.2, 0.25) is 0 Å². The minimum Gasteiger partial charge on any atom is -0.370 e. The summed E-state index contributed by atoms with van der Waals surface area (Å²) in [6.07, 6.45) is 4.39. The molecular weight excluding hydrogens is 232 g/mol. The second-order valence-corrected chi connectivity index (χ2v) is 6.07. The number of hydrogen-bond acceptors (Lipinski definition) is 3. The summed E-state index contributed by atoms with van der Waals surface area (Å²) in [5.74, 6) is 0. The fourth-order valence-corrected chi connectivity index (χ4v) is 2.67. The van der Waals surface area contributed by atoms with Crippen molar-refractivity contribution in [3.05, 3.63) is 17.0 Å². The van der Waals surface area contributed by atoms with Gasteiger partial charge in [0.25, 0.3) is 0 Å². The van der Waals surface area contributed by atoms with Crippen molar-refractivity contribution < 1.29 is 4.74 Å². The maximum Gasteiger partial charge on any atom is 0.0807 e. The molecule has 96 valence electrons. The van der Waals surface area contributed by atoms with Crippen LogP contribution in [0.15, 0.2) is 0 Å². The molecule has 1 aromatic rings. The topological polar surface area (TPSA) is 37.9 Å². The van der Waals surface area contributed by atoms with E-state index in [1.165, 1.54) is 24.1 Å². The molecule has 4 heteroatoms. The Morgan fingerprint density at radius 3 is 3.00 bits per heavy atom. The Morgan fingerprint density at radius 1 is 1.53 bits per heavy atom. The average Bonchev–Trinajstić information content (AvgIpc) is 2.67. The minimum absolute atomic E-state index is 0.0771. The van der Waals surface area contributed by atoms with Crippen LogP contribution in [0.25, 0.3) is 0 Å². The molecule has 0 aromatic carbocycles. The zero-order chi connectivity index (χ0) is 12.5. The van der Waals surface area contributed by atoms with Crippen molar-refractivity contribution in [2.45, 2.75) is 63.9 Å². The summed E-state index contributed by atoms with van der Waals surface area (Å²) in [7, 11) is 0. The van der Waals surface area contributed by atoms with Gasteiger partial charge in [-0.1, -0.05) is 19.8 Å². The van der Waals surface area contributed by atoms with Crippen molar-refractivity contribution in [3.63, 3.8) is 0 Å². The van der Waals surface area contributed by atoms with Gasteiger partial charge in [-0.25, -0.2) is 0 Å². The number of nitrogens with one attached hydrogen (secondary N) is 1. The van der Waals surface area contributed by atoms with Gasteiger partial charge in [0, 0.05) is 22.9 Å². The molecule has 0 saturated heterocycles. The predicted molar refractivity (Wildman–Crippen MR) is 72.4 cm³/mol. The second-order valence-electron chi connectivity index (χ2n) is 5.45. The number of H-pyrrole nitrogens is 1. The molecule has 0 saturated carbocycles. The molecule has 2 rings (SSSR count). The normalized spacial score (nSPS) is 20.0. The van der Waals surface area contributed by atoms with Gasteiger partial charge < -0.3 is 4.74 Å². The molecule has 1 N–H and O–H groups in total. The van der Waals surface area contributed by atoms with Crippen LogP contribution in [0.5, 0.6) is 0 Å². The van der Waals surface area contributed by atoms with Crippen molar-refractivity contribution in [2.75, 3.05) is 0 Å². The molecule has 0 spiro atoms. The van der Waals surface area contributed by atoms with Crippen LogP contribution in [0.1, 0.15) is 62.2 Å². The molecule has 0 bridgehead atoms. The van der Waals surface area contributed by atoms with Crippen molar-refractivity contribution in [1.29, 1.82) is 0 Å². The lowest BCUT2D eigenvalue weighted by molar-refractivity contribution is -0.0409. The van der Waals surface area contributed by atoms with Crippen molar-refractivity contribution >= 4 is 12.6 Å². The van der Waals surface area contributed by atoms with Gasteiger partial charge in [-0.15, -0.1) is 0 Å². The number of aromatic nitrogens is 2. The number of fused-ring (bicyclic) bond motifs is 1. The summed E-state index contributed by atoms with van der Waals surface area (Å²) in [5, 5.41) is 7.83. The standard InChI is InChI=1S/C13H22N2OS/c1-4-5-6-11(17)12-9-8-16-13(2,3)7-10(9)14-15-12/h11,17H,4-8H2,1-3H3,(H,14,15). The van der Waals surface area contributed by atoms with Gasteiger partial charge in [0.2, 0.25) is 0 Å². The summed E-state index contributed by atoms with van der Waals surface area (Å²) < 4.78 is 5.85. The molecule has 1 atom stereocenters. The summed E-state index contributed by atoms with van der Waals surface area (Å²) in [6.45, 7) is 7.10. The molecule has 0 fully saturated rings. The molecule has 1 aliphatic heterocycles. The van der Waals surface area contributed by atoms with Crippen molar-refractivity contribution in [1.82, 2.24) is 10.2 Å². The molecule has 1 aromatic heterocycles. The molecule has 1 unspecified atom stereocenters. The first-order valence-electron chi connectivity index (χ1n) is 6.41. The number of unbranched alkanes of at least 4 members (excludes halogenated alkanes) is 1. The van der Waals surface area contributed by atoms with Gasteiger partial charge in [-0.05, 0) is 20.3 Å². The first-order valence-corrected chi connectivity index (χ1v) is 6.93. The van der Waals surface area contributed by atoms with E-state index in [1.807, 2.05) is 0 Å². The molecule has 1 aliphatic rings. The highest BCUT2D eigenvalue weighted by molar-refractivity contribution is 7.80. The SMILES string of the molecule is CCCCC(S)c1n[nH]c2c1COC(C)(C)C2. The van der Waals surface area contributed by atoms with Crippen LogP contribution >= 0.6 is 12.6 Å². The highest BCUT2D eigenvalue weighted by atomic mass is 32.1. The Morgan fingerprint density at radius 2 is 2.29 bits per heavy atom. The average molecular weight is 254 g/mol. The molecule has 0 amide bonds. The molecule has 2 heterocycles. The van der Waals surface area contributed by atoms with Crippen molar-refractivity contribution in [2.24, 2.45) is 0 Å². The Bertz CT molecular complexity index is 387. The van der Waals surface area contributed by atoms with E-state index in [0.717, 1.165) is 18.5 Å². The van der Waals surface area contributed by atoms with Gasteiger partial charge >= 0.3 is 0 Å². The van der Waals surface area contributed by atoms with Crippen LogP contribution in [0.3, 0.4) is 0 Å². The van der Waals surface area contributed by atoms with E-state index in [9.17, 15) is 0 Å². The largest absolute Gasteiger partial charge is 0.370 e. The third-order valence-corrected chi connectivity index (χ3v) is 3.84. The van der Waals surface area contributed by atoms with E-state index >= 15 is 0 Å². The third-order valence-electron chi connectivity index (χ3n) is 3.34. The van der Waals surface area contributed by atoms with Crippen LogP contribution < -0.4 is 0 Å². The summed E-state index contributed by atoms with van der Waals surface area (Å²) >= 11 is 4.66. The highest BCUT2D eigenvalue weighted by Crippen LogP contribution is 2.34. The Hall–Kier alpha value is -0.480. The molecular formula is C13H22N2OS. The highest BCUT2D eigenvalue weighted by Gasteiger charge is 2.30. The zero-order valence-electron chi connectivity index (χ0n) is 10.9. The van der Waals surface area contributed by atoms with E-state index in [4.69, 9.17) is 4.74 Å². The molecule has 17 heavy (non-hydrogen) atoms. The van der Waals surface area contributed by atoms with Crippen molar-refractivity contribution in [3.8, 4) is 0 Å². The van der Waals surface area contributed by atoms with Gasteiger partial charge in [0.15, 0.2) is 0 Å². The molecule has 0 aliphatic carbocycles. The zero-order valence-corrected chi connectivity index (χ0v) is 11.8. The number of ether oxygens (including phenoxy) is 1. The van der Waals surface area contributed by atoms with E-state index in [1.54, 1.807) is 0 Å². The van der Waals surface area contributed by atoms with E-state index in [-0.39, 0.29) is 10.9 Å². The van der Waals surface area contributed by atoms with Gasteiger partial charge in [-0.3, -0.25) is 5.10 Å². The van der Waals surface area contributed by atoms with E-state index in [0.29, 0.717) is 6.61 Å². The van der Waals surface area contributed by atoms with Gasteiger partial charge in [0.1, 0.15) is 0 Å². The van der Waals surface area contributed by atoms with Crippen LogP contribution in [0.4, 0.5) is 0 Å². The number of thiol groups is 1. The van der Waals surface area contributed by atoms with E-state index < -0.39 is 0 Å². The van der Waals surface area contributed by atoms with Crippen LogP contribution in [-0.2, 0) is 17.8 Å². The van der Waals surface area contributed by atoms with Gasteiger partial charge in [-0.2, -0.15) is 17.7 Å². The maximum atomic E-state index is 5.85. The first kappa shape index (κ1) is 13.0. The van der Waals surface area contributed by atoms with Crippen LogP contribution in [0, 0.1) is 0 Å². The van der Waals surface area contributed by atoms with E-state index in [2.05, 4.69) is 43.6 Å². The fourth-order valence-electron chi connectivity index (χ4n) is 2.28. The number of rotatable bonds is 4. The number of nitrogens with zero attached hydrogens (tertiary/aromatic N) is 1. The quantitative estimate of drug-likeness (QED) is 0.808. The Labute approximate surface area is 109 Å². The van der Waals surface area contributed by atoms with Crippen LogP contribution in [-0.4, -0.2) is 15.8 Å². The number of hydrogen-bond donors (Lipinski definition) is 2. The Balaban J connectivity index is 2.14. The minimum atomic E-state index is -0.0771. The molecule has 0 radical (unpaired) electrons. The summed E-state index contributed by atoms with van der Waals surface area (Å²) in [4.78, 5) is 0. The third kappa shape index (κ3) is 2.86. The second kappa shape index (κ2) is 5.02. The fraction of sp³-hybridized carbons (Fsp3) is 0.769. The monoisotopic (exact) mass is 254 g/mol. The van der Waals surface area contributed by atoms with Gasteiger partial charge in [0.05, 0.1) is 17.9 Å². The maximum absolute atomic E-state index is 5.85. The summed E-state index contributed by atoms with van der Waals surface area (Å²) in [6, 6.07) is 0.